The Morgan fingerprint density at radius 1 is 1.17 bits per heavy atom. The molecule has 0 atom stereocenters. The van der Waals surface area contributed by atoms with Gasteiger partial charge in [-0.25, -0.2) is 4.79 Å². The third kappa shape index (κ3) is 2.62. The number of nitrogens with two attached hydrogens (primary N) is 1. The molecule has 7 nitrogen and oxygen atoms in total. The van der Waals surface area contributed by atoms with Crippen LogP contribution >= 0.6 is 0 Å². The van der Waals surface area contributed by atoms with Crippen LogP contribution in [-0.2, 0) is 9.53 Å². The number of aromatic hydroxyl groups is 1. The molecule has 24 heavy (non-hydrogen) atoms. The predicted molar refractivity (Wildman–Crippen MR) is 86.7 cm³/mol. The Morgan fingerprint density at radius 3 is 2.50 bits per heavy atom. The summed E-state index contributed by atoms with van der Waals surface area (Å²) in [6.45, 7) is 0. The van der Waals surface area contributed by atoms with E-state index in [0.29, 0.717) is 36.6 Å². The molecule has 3 rings (SSSR count). The molecule has 1 aromatic carbocycles. The van der Waals surface area contributed by atoms with E-state index in [0.717, 1.165) is 6.42 Å². The average Bonchev–Trinajstić information content (AvgIpc) is 2.55. The van der Waals surface area contributed by atoms with Gasteiger partial charge in [0, 0.05) is 5.39 Å². The van der Waals surface area contributed by atoms with Gasteiger partial charge in [-0.2, -0.15) is 0 Å². The number of carbonyl (C=O) groups is 2. The molecular weight excluding hydrogens is 312 g/mol. The highest BCUT2D eigenvalue weighted by molar-refractivity contribution is 6.00. The number of aromatic nitrogens is 1. The van der Waals surface area contributed by atoms with Crippen molar-refractivity contribution in [1.29, 1.82) is 0 Å². The molecule has 4 N–H and O–H groups in total. The minimum Gasteiger partial charge on any atom is -0.506 e. The summed E-state index contributed by atoms with van der Waals surface area (Å²) in [5.74, 6) is -2.23. The molecule has 1 amide bonds. The van der Waals surface area contributed by atoms with Gasteiger partial charge in [0.15, 0.2) is 11.2 Å². The third-order valence-electron chi connectivity index (χ3n) is 4.50. The van der Waals surface area contributed by atoms with Crippen LogP contribution in [0.15, 0.2) is 29.1 Å². The molecule has 1 saturated carbocycles. The van der Waals surface area contributed by atoms with E-state index in [1.807, 2.05) is 0 Å². The number of amides is 1. The summed E-state index contributed by atoms with van der Waals surface area (Å²) in [6, 6.07) is 6.54. The summed E-state index contributed by atoms with van der Waals surface area (Å²) in [4.78, 5) is 39.0. The molecule has 1 heterocycles. The highest BCUT2D eigenvalue weighted by Crippen LogP contribution is 2.33. The van der Waals surface area contributed by atoms with E-state index in [9.17, 15) is 19.5 Å². The van der Waals surface area contributed by atoms with Crippen LogP contribution < -0.4 is 11.3 Å². The summed E-state index contributed by atoms with van der Waals surface area (Å²) in [6.07, 6.45) is 2.97. The van der Waals surface area contributed by atoms with Gasteiger partial charge in [0.2, 0.25) is 0 Å². The van der Waals surface area contributed by atoms with Crippen molar-refractivity contribution in [2.45, 2.75) is 37.7 Å². The topological polar surface area (TPSA) is 122 Å². The zero-order valence-corrected chi connectivity index (χ0v) is 13.0. The normalized spacial score (nSPS) is 16.7. The molecule has 1 fully saturated rings. The average molecular weight is 330 g/mol. The van der Waals surface area contributed by atoms with Gasteiger partial charge >= 0.3 is 5.97 Å². The molecule has 0 saturated heterocycles. The lowest BCUT2D eigenvalue weighted by molar-refractivity contribution is -0.140. The number of hydrogen-bond acceptors (Lipinski definition) is 5. The zero-order chi connectivity index (χ0) is 17.3. The fourth-order valence-electron chi connectivity index (χ4n) is 3.17. The first kappa shape index (κ1) is 16.0. The maximum Gasteiger partial charge on any atom is 0.348 e. The Morgan fingerprint density at radius 2 is 1.83 bits per heavy atom. The van der Waals surface area contributed by atoms with Crippen molar-refractivity contribution >= 4 is 22.8 Å². The quantitative estimate of drug-likeness (QED) is 0.737. The number of ether oxygens (including phenoxy) is 1. The fourth-order valence-corrected chi connectivity index (χ4v) is 3.17. The summed E-state index contributed by atoms with van der Waals surface area (Å²) >= 11 is 0. The number of benzene rings is 1. The van der Waals surface area contributed by atoms with Crippen molar-refractivity contribution in [3.05, 3.63) is 40.2 Å². The molecule has 1 aliphatic rings. The number of nitrogens with one attached hydrogen (secondary N) is 1. The summed E-state index contributed by atoms with van der Waals surface area (Å²) < 4.78 is 5.34. The van der Waals surface area contributed by atoms with Crippen LogP contribution in [0.25, 0.3) is 10.9 Å². The van der Waals surface area contributed by atoms with Crippen LogP contribution in [0.2, 0.25) is 0 Å². The minimum absolute atomic E-state index is 0.320. The van der Waals surface area contributed by atoms with Crippen LogP contribution in [0.5, 0.6) is 5.75 Å². The summed E-state index contributed by atoms with van der Waals surface area (Å²) in [5.41, 5.74) is 3.13. The van der Waals surface area contributed by atoms with Gasteiger partial charge < -0.3 is 20.6 Å². The fraction of sp³-hybridized carbons (Fsp3) is 0.353. The van der Waals surface area contributed by atoms with E-state index in [1.54, 1.807) is 24.3 Å². The molecule has 0 aliphatic heterocycles. The molecule has 0 spiro atoms. The van der Waals surface area contributed by atoms with Crippen molar-refractivity contribution in [2.75, 3.05) is 0 Å². The maximum absolute atomic E-state index is 12.5. The number of hydrogen-bond donors (Lipinski definition) is 3. The van der Waals surface area contributed by atoms with Crippen molar-refractivity contribution in [1.82, 2.24) is 4.98 Å². The molecule has 0 bridgehead atoms. The molecule has 0 radical (unpaired) electrons. The lowest BCUT2D eigenvalue weighted by Crippen LogP contribution is -2.49. The number of H-pyrrole nitrogens is 1. The largest absolute Gasteiger partial charge is 0.506 e. The van der Waals surface area contributed by atoms with E-state index in [4.69, 9.17) is 10.5 Å². The molecular formula is C17H18N2O5. The smallest absolute Gasteiger partial charge is 0.348 e. The first-order valence-corrected chi connectivity index (χ1v) is 7.82. The van der Waals surface area contributed by atoms with Gasteiger partial charge in [0.25, 0.3) is 11.5 Å². The maximum atomic E-state index is 12.5. The predicted octanol–water partition coefficient (Wildman–Crippen LogP) is 1.58. The van der Waals surface area contributed by atoms with E-state index >= 15 is 0 Å². The van der Waals surface area contributed by atoms with E-state index in [-0.39, 0.29) is 0 Å². The van der Waals surface area contributed by atoms with Crippen LogP contribution in [0, 0.1) is 0 Å². The van der Waals surface area contributed by atoms with Gasteiger partial charge in [-0.1, -0.05) is 18.6 Å². The number of rotatable bonds is 3. The minimum atomic E-state index is -1.42. The highest BCUT2D eigenvalue weighted by Gasteiger charge is 2.42. The second-order valence-electron chi connectivity index (χ2n) is 6.03. The van der Waals surface area contributed by atoms with Gasteiger partial charge in [0.05, 0.1) is 5.52 Å². The van der Waals surface area contributed by atoms with E-state index in [2.05, 4.69) is 4.98 Å². The van der Waals surface area contributed by atoms with Crippen molar-refractivity contribution in [3.8, 4) is 5.75 Å². The Hall–Kier alpha value is -2.83. The second kappa shape index (κ2) is 5.99. The van der Waals surface area contributed by atoms with Crippen LogP contribution in [0.3, 0.4) is 0 Å². The number of fused-ring (bicyclic) bond motifs is 1. The van der Waals surface area contributed by atoms with Crippen LogP contribution in [0.4, 0.5) is 0 Å². The summed E-state index contributed by atoms with van der Waals surface area (Å²) in [7, 11) is 0. The molecule has 2 aromatic rings. The molecule has 0 unspecified atom stereocenters. The Labute approximate surface area is 137 Å². The number of aromatic amines is 1. The molecule has 1 aliphatic carbocycles. The SMILES string of the molecule is NC(=O)C1(OC(=O)c2c(O)c3ccccc3[nH]c2=O)CCCCC1. The monoisotopic (exact) mass is 330 g/mol. The molecule has 1 aromatic heterocycles. The second-order valence-corrected chi connectivity index (χ2v) is 6.03. The van der Waals surface area contributed by atoms with Crippen molar-refractivity contribution < 1.29 is 19.4 Å². The van der Waals surface area contributed by atoms with Crippen molar-refractivity contribution in [3.63, 3.8) is 0 Å². The number of carbonyl (C=O) groups excluding carboxylic acids is 2. The Kier molecular flexibility index (Phi) is 4.01. The van der Waals surface area contributed by atoms with Crippen molar-refractivity contribution in [2.24, 2.45) is 5.73 Å². The van der Waals surface area contributed by atoms with Gasteiger partial charge in [-0.15, -0.1) is 0 Å². The number of primary amides is 1. The van der Waals surface area contributed by atoms with Gasteiger partial charge in [-0.3, -0.25) is 9.59 Å². The van der Waals surface area contributed by atoms with Gasteiger partial charge in [-0.05, 0) is 37.8 Å². The van der Waals surface area contributed by atoms with Gasteiger partial charge in [0.1, 0.15) is 5.75 Å². The Bertz CT molecular complexity index is 865. The lowest BCUT2D eigenvalue weighted by Gasteiger charge is -2.33. The summed E-state index contributed by atoms with van der Waals surface area (Å²) in [5, 5.41) is 10.6. The van der Waals surface area contributed by atoms with E-state index in [1.165, 1.54) is 0 Å². The number of esters is 1. The zero-order valence-electron chi connectivity index (χ0n) is 13.0. The van der Waals surface area contributed by atoms with Crippen LogP contribution in [-0.4, -0.2) is 27.6 Å². The van der Waals surface area contributed by atoms with E-state index < -0.39 is 34.3 Å². The highest BCUT2D eigenvalue weighted by atomic mass is 16.6. The van der Waals surface area contributed by atoms with Crippen LogP contribution in [0.1, 0.15) is 42.5 Å². The molecule has 7 heteroatoms. The standard InChI is InChI=1S/C17H18N2O5/c18-16(23)17(8-4-1-5-9-17)24-15(22)12-13(20)10-6-2-3-7-11(10)19-14(12)21/h2-3,6-7H,1,4-5,8-9H2,(H2,18,23)(H2,19,20,21). The number of para-hydroxylation sites is 1. The number of pyridine rings is 1. The first-order chi connectivity index (χ1) is 11.4. The first-order valence-electron chi connectivity index (χ1n) is 7.82. The third-order valence-corrected chi connectivity index (χ3v) is 4.50. The lowest BCUT2D eigenvalue weighted by atomic mass is 9.84. The molecule has 126 valence electrons. The Balaban J connectivity index is 2.02.